The minimum Gasteiger partial charge on any atom is -0.311 e. The molecule has 0 radical (unpaired) electrons. The van der Waals surface area contributed by atoms with Crippen molar-refractivity contribution < 1.29 is 0 Å². The van der Waals surface area contributed by atoms with Crippen LogP contribution in [-0.4, -0.2) is 9.55 Å². The fraction of sp³-hybridized carbons (Fsp3) is 0. The highest BCUT2D eigenvalue weighted by Crippen LogP contribution is 2.49. The zero-order valence-corrected chi connectivity index (χ0v) is 21.8. The van der Waals surface area contributed by atoms with Crippen LogP contribution in [0.5, 0.6) is 0 Å². The smallest absolute Gasteiger partial charge is 0.145 e. The molecule has 8 rings (SSSR count). The summed E-state index contributed by atoms with van der Waals surface area (Å²) in [5.74, 6) is 0.945. The Morgan fingerprint density at radius 3 is 1.65 bits per heavy atom. The Hall–Kier alpha value is -5.41. The number of imidazole rings is 1. The largest absolute Gasteiger partial charge is 0.311 e. The van der Waals surface area contributed by atoms with Crippen LogP contribution >= 0.6 is 0 Å². The molecular formula is C37H25N3. The van der Waals surface area contributed by atoms with Gasteiger partial charge < -0.3 is 4.90 Å². The minimum atomic E-state index is 0.945. The second kappa shape index (κ2) is 9.11. The Kier molecular flexibility index (Phi) is 5.14. The van der Waals surface area contributed by atoms with Gasteiger partial charge in [0, 0.05) is 44.8 Å². The Morgan fingerprint density at radius 1 is 0.475 bits per heavy atom. The SMILES string of the molecule is c1ccc(N(c2ccccc2)c2ccc(-c3nc4c(n3-c3ccccc3)-c3cccc5cccc-4c35)cc2)cc1. The van der Waals surface area contributed by atoms with E-state index in [1.807, 2.05) is 0 Å². The number of benzene rings is 6. The summed E-state index contributed by atoms with van der Waals surface area (Å²) < 4.78 is 2.32. The van der Waals surface area contributed by atoms with Gasteiger partial charge >= 0.3 is 0 Å². The highest BCUT2D eigenvalue weighted by atomic mass is 15.1. The summed E-state index contributed by atoms with van der Waals surface area (Å²) in [5.41, 5.74) is 10.2. The Bertz CT molecular complexity index is 1930. The van der Waals surface area contributed by atoms with E-state index >= 15 is 0 Å². The minimum absolute atomic E-state index is 0.945. The van der Waals surface area contributed by atoms with Gasteiger partial charge in [-0.1, -0.05) is 91.0 Å². The molecule has 6 aromatic carbocycles. The first kappa shape index (κ1) is 22.6. The molecule has 3 heteroatoms. The molecule has 0 N–H and O–H groups in total. The summed E-state index contributed by atoms with van der Waals surface area (Å²) in [6.45, 7) is 0. The van der Waals surface area contributed by atoms with Gasteiger partial charge in [0.25, 0.3) is 0 Å². The van der Waals surface area contributed by atoms with Crippen LogP contribution in [0.15, 0.2) is 152 Å². The molecule has 1 aliphatic carbocycles. The average Bonchev–Trinajstić information content (AvgIpc) is 3.57. The van der Waals surface area contributed by atoms with Crippen molar-refractivity contribution >= 4 is 27.8 Å². The number of fused-ring (bicyclic) bond motifs is 3. The van der Waals surface area contributed by atoms with Crippen molar-refractivity contribution in [3.63, 3.8) is 0 Å². The van der Waals surface area contributed by atoms with Gasteiger partial charge in [0.15, 0.2) is 0 Å². The Labute approximate surface area is 233 Å². The van der Waals surface area contributed by atoms with E-state index in [0.717, 1.165) is 45.5 Å². The van der Waals surface area contributed by atoms with E-state index in [9.17, 15) is 0 Å². The highest BCUT2D eigenvalue weighted by Gasteiger charge is 2.29. The predicted molar refractivity (Wildman–Crippen MR) is 166 cm³/mol. The molecular weight excluding hydrogens is 486 g/mol. The lowest BCUT2D eigenvalue weighted by molar-refractivity contribution is 1.07. The number of para-hydroxylation sites is 3. The van der Waals surface area contributed by atoms with Crippen molar-refractivity contribution in [3.8, 4) is 39.6 Å². The van der Waals surface area contributed by atoms with Crippen LogP contribution in [0.2, 0.25) is 0 Å². The van der Waals surface area contributed by atoms with E-state index in [-0.39, 0.29) is 0 Å². The van der Waals surface area contributed by atoms with Gasteiger partial charge in [-0.3, -0.25) is 4.57 Å². The first-order chi connectivity index (χ1) is 19.9. The fourth-order valence-electron chi connectivity index (χ4n) is 5.98. The molecule has 0 saturated heterocycles. The lowest BCUT2D eigenvalue weighted by Crippen LogP contribution is -2.09. The maximum Gasteiger partial charge on any atom is 0.145 e. The second-order valence-electron chi connectivity index (χ2n) is 10.1. The first-order valence-electron chi connectivity index (χ1n) is 13.6. The summed E-state index contributed by atoms with van der Waals surface area (Å²) in [6, 6.07) is 53.4. The number of hydrogen-bond acceptors (Lipinski definition) is 2. The standard InChI is InChI=1S/C37H25N3/c1-4-14-28(15-5-1)39(29-16-6-2-7-17-29)31-24-22-27(23-25-31)37-38-35-32-20-10-12-26-13-11-21-33(34(26)32)36(35)40(37)30-18-8-3-9-19-30/h1-25H. The number of aromatic nitrogens is 2. The van der Waals surface area contributed by atoms with Gasteiger partial charge in [-0.05, 0) is 66.0 Å². The van der Waals surface area contributed by atoms with Crippen LogP contribution in [0.4, 0.5) is 17.1 Å². The number of anilines is 3. The van der Waals surface area contributed by atoms with Gasteiger partial charge in [-0.15, -0.1) is 0 Å². The molecule has 1 heterocycles. The third-order valence-electron chi connectivity index (χ3n) is 7.72. The molecule has 0 fully saturated rings. The van der Waals surface area contributed by atoms with Crippen LogP contribution in [0, 0.1) is 0 Å². The summed E-state index contributed by atoms with van der Waals surface area (Å²) in [7, 11) is 0. The fourth-order valence-corrected chi connectivity index (χ4v) is 5.98. The molecule has 40 heavy (non-hydrogen) atoms. The molecule has 0 amide bonds. The molecule has 0 unspecified atom stereocenters. The van der Waals surface area contributed by atoms with Gasteiger partial charge in [0.2, 0.25) is 0 Å². The van der Waals surface area contributed by atoms with Crippen LogP contribution in [0.1, 0.15) is 0 Å². The van der Waals surface area contributed by atoms with E-state index in [0.29, 0.717) is 0 Å². The van der Waals surface area contributed by atoms with Crippen molar-refractivity contribution in [2.45, 2.75) is 0 Å². The van der Waals surface area contributed by atoms with Crippen LogP contribution in [0.25, 0.3) is 50.4 Å². The van der Waals surface area contributed by atoms with Crippen molar-refractivity contribution in [2.24, 2.45) is 0 Å². The average molecular weight is 512 g/mol. The molecule has 188 valence electrons. The molecule has 1 aromatic heterocycles. The highest BCUT2D eigenvalue weighted by molar-refractivity contribution is 6.14. The summed E-state index contributed by atoms with van der Waals surface area (Å²) in [6.07, 6.45) is 0. The Morgan fingerprint density at radius 2 is 1.02 bits per heavy atom. The summed E-state index contributed by atoms with van der Waals surface area (Å²) in [5, 5.41) is 2.54. The summed E-state index contributed by atoms with van der Waals surface area (Å²) >= 11 is 0. The van der Waals surface area contributed by atoms with E-state index < -0.39 is 0 Å². The van der Waals surface area contributed by atoms with Gasteiger partial charge in [0.05, 0.1) is 11.4 Å². The first-order valence-corrected chi connectivity index (χ1v) is 13.6. The molecule has 1 aliphatic rings. The third kappa shape index (κ3) is 3.49. The van der Waals surface area contributed by atoms with Crippen molar-refractivity contribution in [2.75, 3.05) is 4.90 Å². The molecule has 0 aliphatic heterocycles. The molecule has 7 aromatic rings. The lowest BCUT2D eigenvalue weighted by Gasteiger charge is -2.25. The van der Waals surface area contributed by atoms with Gasteiger partial charge in [-0.2, -0.15) is 0 Å². The van der Waals surface area contributed by atoms with E-state index in [1.54, 1.807) is 0 Å². The zero-order valence-electron chi connectivity index (χ0n) is 21.8. The maximum absolute atomic E-state index is 5.32. The lowest BCUT2D eigenvalue weighted by atomic mass is 10.0. The molecule has 0 atom stereocenters. The third-order valence-corrected chi connectivity index (χ3v) is 7.72. The van der Waals surface area contributed by atoms with Crippen LogP contribution in [-0.2, 0) is 0 Å². The van der Waals surface area contributed by atoms with Crippen molar-refractivity contribution in [1.82, 2.24) is 9.55 Å². The van der Waals surface area contributed by atoms with Crippen molar-refractivity contribution in [1.29, 1.82) is 0 Å². The van der Waals surface area contributed by atoms with E-state index in [1.165, 1.54) is 21.9 Å². The predicted octanol–water partition coefficient (Wildman–Crippen LogP) is 9.81. The maximum atomic E-state index is 5.32. The second-order valence-corrected chi connectivity index (χ2v) is 10.1. The molecule has 0 bridgehead atoms. The molecule has 0 saturated carbocycles. The van der Waals surface area contributed by atoms with Gasteiger partial charge in [0.1, 0.15) is 5.82 Å². The number of rotatable bonds is 5. The molecule has 3 nitrogen and oxygen atoms in total. The monoisotopic (exact) mass is 511 g/mol. The topological polar surface area (TPSA) is 21.1 Å². The van der Waals surface area contributed by atoms with Crippen molar-refractivity contribution in [3.05, 3.63) is 152 Å². The number of nitrogens with zero attached hydrogens (tertiary/aromatic N) is 3. The quantitative estimate of drug-likeness (QED) is 0.229. The van der Waals surface area contributed by atoms with E-state index in [4.69, 9.17) is 4.98 Å². The zero-order chi connectivity index (χ0) is 26.5. The van der Waals surface area contributed by atoms with E-state index in [2.05, 4.69) is 161 Å². The normalized spacial score (nSPS) is 11.5. The van der Waals surface area contributed by atoms with Gasteiger partial charge in [-0.25, -0.2) is 4.98 Å². The summed E-state index contributed by atoms with van der Waals surface area (Å²) in [4.78, 5) is 7.60. The molecule has 0 spiro atoms. The Balaban J connectivity index is 1.30. The van der Waals surface area contributed by atoms with Crippen LogP contribution < -0.4 is 4.90 Å². The van der Waals surface area contributed by atoms with Crippen LogP contribution in [0.3, 0.4) is 0 Å². The number of hydrogen-bond donors (Lipinski definition) is 0.